The van der Waals surface area contributed by atoms with Crippen LogP contribution in [0.1, 0.15) is 13.8 Å². The van der Waals surface area contributed by atoms with E-state index in [0.29, 0.717) is 12.5 Å². The van der Waals surface area contributed by atoms with Gasteiger partial charge in [0.15, 0.2) is 5.78 Å². The van der Waals surface area contributed by atoms with Crippen molar-refractivity contribution >= 4 is 5.78 Å². The number of aliphatic hydroxyl groups is 1. The summed E-state index contributed by atoms with van der Waals surface area (Å²) in [5.74, 6) is 0.740. The first kappa shape index (κ1) is 12.3. The van der Waals surface area contributed by atoms with Crippen molar-refractivity contribution in [3.05, 3.63) is 12.2 Å². The molecule has 0 aromatic carbocycles. The summed E-state index contributed by atoms with van der Waals surface area (Å²) >= 11 is 0. The van der Waals surface area contributed by atoms with Gasteiger partial charge in [0.1, 0.15) is 0 Å². The first-order valence-corrected chi connectivity index (χ1v) is 6.73. The normalized spacial score (nSPS) is 46.6. The van der Waals surface area contributed by atoms with E-state index in [9.17, 15) is 9.90 Å². The quantitative estimate of drug-likeness (QED) is 0.745. The Morgan fingerprint density at radius 1 is 1.44 bits per heavy atom. The van der Waals surface area contributed by atoms with E-state index in [-0.39, 0.29) is 42.2 Å². The Morgan fingerprint density at radius 3 is 2.89 bits per heavy atom. The van der Waals surface area contributed by atoms with Gasteiger partial charge in [-0.1, -0.05) is 26.0 Å². The molecule has 1 aliphatic carbocycles. The van der Waals surface area contributed by atoms with Crippen molar-refractivity contribution in [3.63, 3.8) is 0 Å². The summed E-state index contributed by atoms with van der Waals surface area (Å²) in [6.45, 7) is 4.82. The molecule has 18 heavy (non-hydrogen) atoms. The lowest BCUT2D eigenvalue weighted by atomic mass is 9.63. The van der Waals surface area contributed by atoms with Crippen LogP contribution in [-0.4, -0.2) is 36.5 Å². The fraction of sp³-hybridized carbons (Fsp3) is 0.786. The number of ether oxygens (including phenoxy) is 2. The van der Waals surface area contributed by atoms with Gasteiger partial charge in [-0.25, -0.2) is 0 Å². The molecule has 3 aliphatic rings. The van der Waals surface area contributed by atoms with E-state index >= 15 is 0 Å². The molecule has 0 amide bonds. The van der Waals surface area contributed by atoms with Gasteiger partial charge in [-0.05, 0) is 11.8 Å². The van der Waals surface area contributed by atoms with Crippen LogP contribution in [0.2, 0.25) is 0 Å². The molecule has 0 aromatic heterocycles. The van der Waals surface area contributed by atoms with E-state index in [2.05, 4.69) is 26.0 Å². The number of Topliss-reactive ketones (excluding diaryl/α,β-unsaturated/α-hetero) is 1. The topological polar surface area (TPSA) is 55.8 Å². The Balaban J connectivity index is 1.99. The molecule has 2 heterocycles. The Kier molecular flexibility index (Phi) is 3.04. The van der Waals surface area contributed by atoms with Crippen molar-refractivity contribution in [1.82, 2.24) is 0 Å². The fourth-order valence-corrected chi connectivity index (χ4v) is 3.68. The third-order valence-corrected chi connectivity index (χ3v) is 4.59. The summed E-state index contributed by atoms with van der Waals surface area (Å²) in [5.41, 5.74) is 0. The maximum Gasteiger partial charge on any atom is 0.218 e. The molecule has 2 saturated heterocycles. The monoisotopic (exact) mass is 252 g/mol. The van der Waals surface area contributed by atoms with Gasteiger partial charge in [-0.3, -0.25) is 4.79 Å². The number of fused-ring (bicyclic) bond motifs is 4. The van der Waals surface area contributed by atoms with Crippen LogP contribution in [0.4, 0.5) is 0 Å². The number of rotatable bonds is 2. The summed E-state index contributed by atoms with van der Waals surface area (Å²) in [5, 5.41) is 9.51. The molecule has 2 bridgehead atoms. The Labute approximate surface area is 107 Å². The van der Waals surface area contributed by atoms with Gasteiger partial charge < -0.3 is 14.6 Å². The maximum atomic E-state index is 12.4. The van der Waals surface area contributed by atoms with Crippen molar-refractivity contribution in [2.45, 2.75) is 26.2 Å². The van der Waals surface area contributed by atoms with Crippen molar-refractivity contribution in [3.8, 4) is 0 Å². The highest BCUT2D eigenvalue weighted by atomic mass is 16.7. The van der Waals surface area contributed by atoms with Crippen LogP contribution in [0.5, 0.6) is 0 Å². The molecule has 2 aliphatic heterocycles. The van der Waals surface area contributed by atoms with E-state index in [4.69, 9.17) is 9.47 Å². The molecule has 0 aromatic rings. The van der Waals surface area contributed by atoms with Gasteiger partial charge in [-0.2, -0.15) is 0 Å². The first-order valence-electron chi connectivity index (χ1n) is 6.73. The molecule has 2 fully saturated rings. The van der Waals surface area contributed by atoms with Crippen molar-refractivity contribution in [2.75, 3.05) is 13.2 Å². The smallest absolute Gasteiger partial charge is 0.218 e. The highest BCUT2D eigenvalue weighted by Gasteiger charge is 2.55. The number of carbonyl (C=O) groups excluding carboxylic acids is 1. The van der Waals surface area contributed by atoms with Crippen LogP contribution >= 0.6 is 0 Å². The molecule has 100 valence electrons. The molecule has 4 nitrogen and oxygen atoms in total. The zero-order valence-electron chi connectivity index (χ0n) is 10.8. The SMILES string of the molecule is CC(C)[C@@H]1C=C[C@H](CO)[C@H]2[C@@H]1C(=O)[C@@H]1OC[C@H]2O1. The van der Waals surface area contributed by atoms with Gasteiger partial charge in [0.2, 0.25) is 6.29 Å². The van der Waals surface area contributed by atoms with E-state index in [1.165, 1.54) is 0 Å². The Morgan fingerprint density at radius 2 is 2.22 bits per heavy atom. The lowest BCUT2D eigenvalue weighted by molar-refractivity contribution is -0.173. The van der Waals surface area contributed by atoms with Crippen LogP contribution < -0.4 is 0 Å². The standard InChI is InChI=1S/C14H20O4/c1-7(2)9-4-3-8(5-15)11-10-6-17-14(18-10)13(16)12(9)11/h3-4,7-12,14-15H,5-6H2,1-2H3/t8-,9+,10-,11-,12-,14-/m1/s1. The minimum Gasteiger partial charge on any atom is -0.396 e. The third-order valence-electron chi connectivity index (χ3n) is 4.59. The van der Waals surface area contributed by atoms with Crippen molar-refractivity contribution in [1.29, 1.82) is 0 Å². The van der Waals surface area contributed by atoms with Crippen LogP contribution in [0.3, 0.4) is 0 Å². The molecular formula is C14H20O4. The molecule has 0 unspecified atom stereocenters. The molecular weight excluding hydrogens is 232 g/mol. The zero-order valence-corrected chi connectivity index (χ0v) is 10.8. The summed E-state index contributed by atoms with van der Waals surface area (Å²) in [6, 6.07) is 0. The molecule has 0 saturated carbocycles. The number of aliphatic hydroxyl groups excluding tert-OH is 1. The lowest BCUT2D eigenvalue weighted by Crippen LogP contribution is -2.52. The second-order valence-corrected chi connectivity index (χ2v) is 5.90. The molecule has 0 radical (unpaired) electrons. The maximum absolute atomic E-state index is 12.4. The largest absolute Gasteiger partial charge is 0.396 e. The first-order chi connectivity index (χ1) is 8.63. The number of allylic oxidation sites excluding steroid dienone is 1. The van der Waals surface area contributed by atoms with Crippen LogP contribution in [0, 0.1) is 29.6 Å². The van der Waals surface area contributed by atoms with Crippen LogP contribution in [-0.2, 0) is 14.3 Å². The number of carbonyl (C=O) groups is 1. The van der Waals surface area contributed by atoms with Gasteiger partial charge in [-0.15, -0.1) is 0 Å². The molecule has 0 spiro atoms. The van der Waals surface area contributed by atoms with E-state index < -0.39 is 6.29 Å². The summed E-state index contributed by atoms with van der Waals surface area (Å²) in [6.07, 6.45) is 3.46. The predicted octanol–water partition coefficient (Wildman–Crippen LogP) is 0.993. The van der Waals surface area contributed by atoms with E-state index in [1.54, 1.807) is 0 Å². The van der Waals surface area contributed by atoms with Crippen LogP contribution in [0.25, 0.3) is 0 Å². The van der Waals surface area contributed by atoms with Gasteiger partial charge >= 0.3 is 0 Å². The van der Waals surface area contributed by atoms with Crippen molar-refractivity contribution in [2.24, 2.45) is 29.6 Å². The minimum absolute atomic E-state index is 0.0154. The molecule has 3 rings (SSSR count). The second-order valence-electron chi connectivity index (χ2n) is 5.90. The second kappa shape index (κ2) is 4.44. The summed E-state index contributed by atoms with van der Waals surface area (Å²) in [7, 11) is 0. The zero-order chi connectivity index (χ0) is 12.9. The minimum atomic E-state index is -0.664. The van der Waals surface area contributed by atoms with Crippen LogP contribution in [0.15, 0.2) is 12.2 Å². The number of ketones is 1. The van der Waals surface area contributed by atoms with E-state index in [1.807, 2.05) is 0 Å². The number of hydrogen-bond acceptors (Lipinski definition) is 4. The third kappa shape index (κ3) is 1.67. The van der Waals surface area contributed by atoms with Gasteiger partial charge in [0, 0.05) is 24.4 Å². The number of hydrogen-bond donors (Lipinski definition) is 1. The molecule has 6 atom stereocenters. The lowest BCUT2D eigenvalue weighted by Gasteiger charge is -2.44. The molecule has 4 heteroatoms. The van der Waals surface area contributed by atoms with Gasteiger partial charge in [0.25, 0.3) is 0 Å². The van der Waals surface area contributed by atoms with Gasteiger partial charge in [0.05, 0.1) is 12.7 Å². The van der Waals surface area contributed by atoms with Crippen molar-refractivity contribution < 1.29 is 19.4 Å². The average molecular weight is 252 g/mol. The highest BCUT2D eigenvalue weighted by molar-refractivity contribution is 5.86. The summed E-state index contributed by atoms with van der Waals surface area (Å²) < 4.78 is 11.0. The van der Waals surface area contributed by atoms with E-state index in [0.717, 1.165) is 0 Å². The highest BCUT2D eigenvalue weighted by Crippen LogP contribution is 2.46. The predicted molar refractivity (Wildman–Crippen MR) is 64.6 cm³/mol. The average Bonchev–Trinajstić information content (AvgIpc) is 2.80. The fourth-order valence-electron chi connectivity index (χ4n) is 3.68. The summed E-state index contributed by atoms with van der Waals surface area (Å²) in [4.78, 5) is 12.4. The molecule has 1 N–H and O–H groups in total. The Hall–Kier alpha value is -0.710. The Bertz CT molecular complexity index is 376.